The highest BCUT2D eigenvalue weighted by molar-refractivity contribution is 5.82. The van der Waals surface area contributed by atoms with Gasteiger partial charge in [-0.3, -0.25) is 38.4 Å². The van der Waals surface area contributed by atoms with Crippen LogP contribution in [0.1, 0.15) is 171 Å². The molecule has 3 aliphatic heterocycles. The summed E-state index contributed by atoms with van der Waals surface area (Å²) in [6.45, 7) is 12.0. The van der Waals surface area contributed by atoms with Crippen LogP contribution in [-0.4, -0.2) is 316 Å². The van der Waals surface area contributed by atoms with E-state index in [0.717, 1.165) is 31.6 Å². The van der Waals surface area contributed by atoms with Gasteiger partial charge in [-0.1, -0.05) is 54.4 Å². The molecule has 5 amide bonds. The summed E-state index contributed by atoms with van der Waals surface area (Å²) < 4.78 is 67.4. The predicted octanol–water partition coefficient (Wildman–Crippen LogP) is -1.01. The molecule has 0 radical (unpaired) electrons. The Balaban J connectivity index is 0.0000105. The third-order valence-corrected chi connectivity index (χ3v) is 16.6. The number of nitrogens with one attached hydrogen (secondary N) is 5. The Morgan fingerprint density at radius 1 is 0.385 bits per heavy atom. The molecule has 0 aliphatic carbocycles. The standard InChI is InChI=1S/C65H115N5O29.C4H10.CH4/c1-5-6-7-8-12-45(77)13-9-16-52(81)70-65(20-17-46(78)14-10-24-88-27-30-91-33-36-94-62-53(67-42(2)74)59(85)56(82)48(39-71)97-62,21-18-47(79)15-11-25-89-28-31-92-34-37-95-63-54(68-43(3)75)60(86)57(83)49(40-72)98-63)22-19-51(80)66-23-26-90-29-32-93-35-38-96-64-55(69-44(4)76)61(87)58(84)50(41-73)99-64;1-4(2)3;/h48-50,53-64,71-73,82-87H,5-41H2,1-4H3,(H,66,80)(H,67,74)(H,68,75)(H,69,76)(H,70,81);4H,1-3H3;1H4. The van der Waals surface area contributed by atoms with Crippen LogP contribution in [0.15, 0.2) is 0 Å². The van der Waals surface area contributed by atoms with Gasteiger partial charge in [0.25, 0.3) is 0 Å². The first-order valence-electron chi connectivity index (χ1n) is 36.4. The largest absolute Gasteiger partial charge is 0.394 e. The van der Waals surface area contributed by atoms with E-state index < -0.39 is 141 Å². The monoisotopic (exact) mass is 1500 g/mol. The molecule has 14 N–H and O–H groups in total. The van der Waals surface area contributed by atoms with E-state index in [1.807, 2.05) is 0 Å². The Morgan fingerprint density at radius 2 is 0.702 bits per heavy atom. The quantitative estimate of drug-likeness (QED) is 0.0324. The number of aliphatic hydroxyl groups excluding tert-OH is 9. The summed E-state index contributed by atoms with van der Waals surface area (Å²) >= 11 is 0. The van der Waals surface area contributed by atoms with Crippen LogP contribution >= 0.6 is 0 Å². The van der Waals surface area contributed by atoms with E-state index in [-0.39, 0.29) is 207 Å². The molecular formula is C70H129N5O29. The van der Waals surface area contributed by atoms with Crippen molar-refractivity contribution in [3.63, 3.8) is 0 Å². The minimum atomic E-state index is -1.47. The van der Waals surface area contributed by atoms with Gasteiger partial charge in [0.2, 0.25) is 29.5 Å². The normalized spacial score (nSPS) is 25.1. The van der Waals surface area contributed by atoms with Crippen molar-refractivity contribution in [3.8, 4) is 0 Å². The molecule has 15 unspecified atom stereocenters. The van der Waals surface area contributed by atoms with Gasteiger partial charge in [-0.25, -0.2) is 0 Å². The van der Waals surface area contributed by atoms with E-state index in [1.165, 1.54) is 20.8 Å². The summed E-state index contributed by atoms with van der Waals surface area (Å²) in [5.74, 6) is -1.70. The fraction of sp³-hybridized carbons (Fsp3) is 0.886. The highest BCUT2D eigenvalue weighted by atomic mass is 16.7. The molecule has 3 rings (SSSR count). The van der Waals surface area contributed by atoms with E-state index in [1.54, 1.807) is 0 Å². The first-order chi connectivity index (χ1) is 49.2. The van der Waals surface area contributed by atoms with E-state index in [9.17, 15) is 84.3 Å². The fourth-order valence-corrected chi connectivity index (χ4v) is 11.2. The van der Waals surface area contributed by atoms with Crippen LogP contribution in [0.25, 0.3) is 0 Å². The minimum Gasteiger partial charge on any atom is -0.394 e. The van der Waals surface area contributed by atoms with Crippen molar-refractivity contribution in [1.29, 1.82) is 0 Å². The van der Waals surface area contributed by atoms with Gasteiger partial charge in [0.1, 0.15) is 90.4 Å². The van der Waals surface area contributed by atoms with Crippen LogP contribution in [0.3, 0.4) is 0 Å². The molecule has 608 valence electrons. The first-order valence-corrected chi connectivity index (χ1v) is 36.4. The molecule has 34 nitrogen and oxygen atoms in total. The summed E-state index contributed by atoms with van der Waals surface area (Å²) in [6, 6.07) is -3.31. The van der Waals surface area contributed by atoms with Gasteiger partial charge in [0.05, 0.1) is 106 Å². The minimum absolute atomic E-state index is 0. The SMILES string of the molecule is C.CC(C)C.CCCCCCC(=O)CCCC(=O)NC(CCC(=O)CCCOCCOCCOC1OC(CO)C(O)C(O)C1NC(C)=O)(CCC(=O)CCCOCCOCCOC1OC(CO)C(O)C(O)C1NC(C)=O)CCC(=O)NCCOCCOCCOC1OC(CO)C(O)C(O)C1NC(C)=O. The van der Waals surface area contributed by atoms with E-state index in [0.29, 0.717) is 19.3 Å². The summed E-state index contributed by atoms with van der Waals surface area (Å²) in [5, 5.41) is 104. The van der Waals surface area contributed by atoms with Gasteiger partial charge >= 0.3 is 0 Å². The van der Waals surface area contributed by atoms with Gasteiger partial charge in [0.15, 0.2) is 18.9 Å². The molecule has 15 atom stereocenters. The number of ether oxygens (including phenoxy) is 12. The molecule has 0 saturated carbocycles. The van der Waals surface area contributed by atoms with Crippen LogP contribution in [-0.2, 0) is 95.2 Å². The van der Waals surface area contributed by atoms with Gasteiger partial charge in [-0.05, 0) is 50.9 Å². The number of Topliss-reactive ketones (excluding diaryl/α,β-unsaturated/α-hetero) is 3. The molecular weight excluding hydrogens is 1370 g/mol. The average Bonchev–Trinajstić information content (AvgIpc) is 0.823. The zero-order valence-corrected chi connectivity index (χ0v) is 61.6. The van der Waals surface area contributed by atoms with E-state index in [2.05, 4.69) is 54.3 Å². The van der Waals surface area contributed by atoms with Crippen LogP contribution in [0.5, 0.6) is 0 Å². The Hall–Kier alpha value is -4.48. The number of rotatable bonds is 57. The molecule has 0 spiro atoms. The lowest BCUT2D eigenvalue weighted by atomic mass is 9.81. The van der Waals surface area contributed by atoms with Gasteiger partial charge in [-0.2, -0.15) is 0 Å². The number of carbonyl (C=O) groups is 8. The zero-order chi connectivity index (χ0) is 76.5. The summed E-state index contributed by atoms with van der Waals surface area (Å²) in [6.07, 6.45) is -10.2. The molecule has 3 fully saturated rings. The van der Waals surface area contributed by atoms with E-state index >= 15 is 0 Å². The topological polar surface area (TPSA) is 490 Å². The number of hydrogen-bond acceptors (Lipinski definition) is 29. The van der Waals surface area contributed by atoms with Gasteiger partial charge in [0, 0.05) is 97.4 Å². The predicted molar refractivity (Wildman–Crippen MR) is 374 cm³/mol. The van der Waals surface area contributed by atoms with Crippen molar-refractivity contribution >= 4 is 46.9 Å². The molecule has 104 heavy (non-hydrogen) atoms. The zero-order valence-electron chi connectivity index (χ0n) is 61.6. The Bertz CT molecular complexity index is 2140. The lowest BCUT2D eigenvalue weighted by Crippen LogP contribution is -2.64. The highest BCUT2D eigenvalue weighted by Gasteiger charge is 2.48. The smallest absolute Gasteiger partial charge is 0.220 e. The number of aliphatic hydroxyl groups is 9. The maximum Gasteiger partial charge on any atom is 0.220 e. The molecule has 3 heterocycles. The van der Waals surface area contributed by atoms with Gasteiger partial charge < -0.3 is 129 Å². The van der Waals surface area contributed by atoms with Crippen LogP contribution in [0, 0.1) is 5.92 Å². The van der Waals surface area contributed by atoms with Crippen molar-refractivity contribution in [3.05, 3.63) is 0 Å². The van der Waals surface area contributed by atoms with Crippen molar-refractivity contribution < 1.29 is 141 Å². The van der Waals surface area contributed by atoms with Crippen molar-refractivity contribution in [1.82, 2.24) is 26.6 Å². The maximum atomic E-state index is 13.9. The van der Waals surface area contributed by atoms with Gasteiger partial charge in [-0.15, -0.1) is 0 Å². The molecule has 0 aromatic carbocycles. The fourth-order valence-electron chi connectivity index (χ4n) is 11.2. The highest BCUT2D eigenvalue weighted by Crippen LogP contribution is 2.29. The summed E-state index contributed by atoms with van der Waals surface area (Å²) in [7, 11) is 0. The molecule has 34 heteroatoms. The number of hydrogen-bond donors (Lipinski definition) is 14. The second-order valence-electron chi connectivity index (χ2n) is 26.5. The summed E-state index contributed by atoms with van der Waals surface area (Å²) in [4.78, 5) is 103. The summed E-state index contributed by atoms with van der Waals surface area (Å²) in [5.41, 5.74) is -1.21. The van der Waals surface area contributed by atoms with Crippen molar-refractivity contribution in [2.24, 2.45) is 5.92 Å². The lowest BCUT2D eigenvalue weighted by molar-refractivity contribution is -0.272. The third-order valence-electron chi connectivity index (χ3n) is 16.6. The van der Waals surface area contributed by atoms with Crippen LogP contribution < -0.4 is 26.6 Å². The molecule has 3 saturated heterocycles. The molecule has 0 aromatic heterocycles. The second-order valence-corrected chi connectivity index (χ2v) is 26.5. The number of unbranched alkanes of at least 4 members (excludes halogenated alkanes) is 3. The van der Waals surface area contributed by atoms with Crippen molar-refractivity contribution in [2.45, 2.75) is 269 Å². The van der Waals surface area contributed by atoms with E-state index in [4.69, 9.17) is 56.8 Å². The number of carbonyl (C=O) groups excluding carboxylic acids is 8. The number of amides is 5. The van der Waals surface area contributed by atoms with Crippen molar-refractivity contribution in [2.75, 3.05) is 125 Å². The number of ketones is 3. The maximum absolute atomic E-state index is 13.9. The Kier molecular flexibility index (Phi) is 54.0. The first kappa shape index (κ1) is 97.5. The van der Waals surface area contributed by atoms with Crippen LogP contribution in [0.4, 0.5) is 0 Å². The molecule has 0 bridgehead atoms. The average molecular weight is 1500 g/mol. The Morgan fingerprint density at radius 3 is 1.06 bits per heavy atom. The van der Waals surface area contributed by atoms with Crippen LogP contribution in [0.2, 0.25) is 0 Å². The Labute approximate surface area is 612 Å². The lowest BCUT2D eigenvalue weighted by Gasteiger charge is -2.42. The second kappa shape index (κ2) is 57.6. The molecule has 0 aromatic rings. The molecule has 3 aliphatic rings. The third kappa shape index (κ3) is 41.7.